The Bertz CT molecular complexity index is 588. The molecule has 0 aliphatic carbocycles. The van der Waals surface area contributed by atoms with Gasteiger partial charge in [-0.15, -0.1) is 11.3 Å². The standard InChI is InChI=1S/C15H20ClN3O3S/c16-13-4-3-12(23-13)14(20)17-10-7-11(19(8-10)15(21)22)9-18-5-1-2-6-18/h3-4,10-11H,1-2,5-9H2,(H,17,20)(H,21,22)/t10-,11+/m1/s1. The van der Waals surface area contributed by atoms with Crippen molar-refractivity contribution in [3.8, 4) is 0 Å². The molecule has 0 spiro atoms. The predicted octanol–water partition coefficient (Wildman–Crippen LogP) is 2.35. The molecule has 0 unspecified atom stereocenters. The molecule has 2 aliphatic rings. The van der Waals surface area contributed by atoms with Gasteiger partial charge in [0.15, 0.2) is 0 Å². The molecule has 0 bridgehead atoms. The largest absolute Gasteiger partial charge is 0.465 e. The summed E-state index contributed by atoms with van der Waals surface area (Å²) >= 11 is 7.08. The second kappa shape index (κ2) is 7.07. The number of likely N-dealkylation sites (tertiary alicyclic amines) is 2. The summed E-state index contributed by atoms with van der Waals surface area (Å²) in [5, 5.41) is 12.3. The first kappa shape index (κ1) is 16.5. The quantitative estimate of drug-likeness (QED) is 0.867. The summed E-state index contributed by atoms with van der Waals surface area (Å²) in [5.41, 5.74) is 0. The number of amides is 2. The van der Waals surface area contributed by atoms with Crippen molar-refractivity contribution in [3.05, 3.63) is 21.3 Å². The van der Waals surface area contributed by atoms with Crippen LogP contribution in [0.3, 0.4) is 0 Å². The number of halogens is 1. The molecule has 0 saturated carbocycles. The molecule has 2 N–H and O–H groups in total. The van der Waals surface area contributed by atoms with Gasteiger partial charge in [-0.1, -0.05) is 11.6 Å². The smallest absolute Gasteiger partial charge is 0.407 e. The molecule has 2 saturated heterocycles. The molecule has 126 valence electrons. The average Bonchev–Trinajstić information content (AvgIpc) is 3.21. The molecule has 2 aliphatic heterocycles. The average molecular weight is 358 g/mol. The lowest BCUT2D eigenvalue weighted by atomic mass is 10.1. The van der Waals surface area contributed by atoms with Crippen LogP contribution in [0.2, 0.25) is 4.34 Å². The van der Waals surface area contributed by atoms with Gasteiger partial charge in [0.05, 0.1) is 9.21 Å². The Hall–Kier alpha value is -1.31. The highest BCUT2D eigenvalue weighted by Crippen LogP contribution is 2.24. The molecule has 6 nitrogen and oxygen atoms in total. The van der Waals surface area contributed by atoms with Crippen molar-refractivity contribution in [2.75, 3.05) is 26.2 Å². The minimum Gasteiger partial charge on any atom is -0.465 e. The number of carbonyl (C=O) groups is 2. The highest BCUT2D eigenvalue weighted by atomic mass is 35.5. The predicted molar refractivity (Wildman–Crippen MR) is 89.4 cm³/mol. The van der Waals surface area contributed by atoms with Crippen LogP contribution in [0.15, 0.2) is 12.1 Å². The summed E-state index contributed by atoms with van der Waals surface area (Å²) in [6.07, 6.45) is 2.11. The SMILES string of the molecule is O=C(N[C@@H]1C[C@@H](CN2CCCC2)N(C(=O)O)C1)c1ccc(Cl)s1. The molecular formula is C15H20ClN3O3S. The van der Waals surface area contributed by atoms with Gasteiger partial charge in [0.2, 0.25) is 0 Å². The molecule has 0 radical (unpaired) electrons. The van der Waals surface area contributed by atoms with Gasteiger partial charge in [0.25, 0.3) is 5.91 Å². The maximum absolute atomic E-state index is 12.2. The zero-order valence-corrected chi connectivity index (χ0v) is 14.3. The molecular weight excluding hydrogens is 338 g/mol. The molecule has 1 aromatic rings. The molecule has 2 amide bonds. The van der Waals surface area contributed by atoms with Gasteiger partial charge in [0.1, 0.15) is 0 Å². The maximum Gasteiger partial charge on any atom is 0.407 e. The van der Waals surface area contributed by atoms with Crippen LogP contribution in [0.25, 0.3) is 0 Å². The second-order valence-electron chi connectivity index (χ2n) is 6.11. The van der Waals surface area contributed by atoms with Gasteiger partial charge >= 0.3 is 6.09 Å². The van der Waals surface area contributed by atoms with E-state index in [2.05, 4.69) is 10.2 Å². The summed E-state index contributed by atoms with van der Waals surface area (Å²) in [5.74, 6) is -0.181. The Morgan fingerprint density at radius 2 is 2.09 bits per heavy atom. The van der Waals surface area contributed by atoms with Crippen LogP contribution in [0.1, 0.15) is 28.9 Å². The van der Waals surface area contributed by atoms with Crippen molar-refractivity contribution in [2.45, 2.75) is 31.3 Å². The molecule has 3 rings (SSSR count). The molecule has 2 fully saturated rings. The van der Waals surface area contributed by atoms with Crippen LogP contribution < -0.4 is 5.32 Å². The van der Waals surface area contributed by atoms with E-state index >= 15 is 0 Å². The van der Waals surface area contributed by atoms with Gasteiger partial charge in [-0.25, -0.2) is 4.79 Å². The van der Waals surface area contributed by atoms with E-state index in [1.54, 1.807) is 12.1 Å². The van der Waals surface area contributed by atoms with E-state index in [0.717, 1.165) is 19.6 Å². The third kappa shape index (κ3) is 3.97. The fourth-order valence-corrected chi connectivity index (χ4v) is 4.33. The van der Waals surface area contributed by atoms with Gasteiger partial charge in [0, 0.05) is 25.2 Å². The monoisotopic (exact) mass is 357 g/mol. The van der Waals surface area contributed by atoms with Gasteiger partial charge in [-0.3, -0.25) is 4.79 Å². The Morgan fingerprint density at radius 3 is 2.70 bits per heavy atom. The van der Waals surface area contributed by atoms with Crippen molar-refractivity contribution in [2.24, 2.45) is 0 Å². The summed E-state index contributed by atoms with van der Waals surface area (Å²) in [4.78, 5) is 28.0. The lowest BCUT2D eigenvalue weighted by Gasteiger charge is -2.25. The lowest BCUT2D eigenvalue weighted by Crippen LogP contribution is -2.42. The highest BCUT2D eigenvalue weighted by Gasteiger charge is 2.37. The molecule has 8 heteroatoms. The van der Waals surface area contributed by atoms with Crippen molar-refractivity contribution in [1.29, 1.82) is 0 Å². The van der Waals surface area contributed by atoms with E-state index in [1.165, 1.54) is 29.1 Å². The minimum absolute atomic E-state index is 0.0529. The summed E-state index contributed by atoms with van der Waals surface area (Å²) in [6, 6.07) is 3.18. The number of nitrogens with one attached hydrogen (secondary N) is 1. The van der Waals surface area contributed by atoms with Gasteiger partial charge in [-0.2, -0.15) is 0 Å². The van der Waals surface area contributed by atoms with Crippen LogP contribution in [0, 0.1) is 0 Å². The van der Waals surface area contributed by atoms with Crippen molar-refractivity contribution >= 4 is 34.9 Å². The van der Waals surface area contributed by atoms with Crippen molar-refractivity contribution < 1.29 is 14.7 Å². The first-order valence-corrected chi connectivity index (χ1v) is 9.00. The summed E-state index contributed by atoms with van der Waals surface area (Å²) < 4.78 is 0.570. The molecule has 2 atom stereocenters. The molecule has 0 aromatic carbocycles. The topological polar surface area (TPSA) is 72.9 Å². The summed E-state index contributed by atoms with van der Waals surface area (Å²) in [7, 11) is 0. The highest BCUT2D eigenvalue weighted by molar-refractivity contribution is 7.17. The Morgan fingerprint density at radius 1 is 1.35 bits per heavy atom. The first-order chi connectivity index (χ1) is 11.0. The molecule has 23 heavy (non-hydrogen) atoms. The lowest BCUT2D eigenvalue weighted by molar-refractivity contribution is 0.0939. The summed E-state index contributed by atoms with van der Waals surface area (Å²) in [6.45, 7) is 3.17. The van der Waals surface area contributed by atoms with Crippen LogP contribution in [0.5, 0.6) is 0 Å². The number of hydrogen-bond acceptors (Lipinski definition) is 4. The molecule has 1 aromatic heterocycles. The van der Waals surface area contributed by atoms with E-state index in [-0.39, 0.29) is 18.0 Å². The van der Waals surface area contributed by atoms with E-state index in [4.69, 9.17) is 11.6 Å². The van der Waals surface area contributed by atoms with Crippen molar-refractivity contribution in [3.63, 3.8) is 0 Å². The van der Waals surface area contributed by atoms with Crippen molar-refractivity contribution in [1.82, 2.24) is 15.1 Å². The number of nitrogens with zero attached hydrogens (tertiary/aromatic N) is 2. The van der Waals surface area contributed by atoms with Crippen LogP contribution in [0.4, 0.5) is 4.79 Å². The Balaban J connectivity index is 1.60. The van der Waals surface area contributed by atoms with E-state index in [9.17, 15) is 14.7 Å². The van der Waals surface area contributed by atoms with Crippen LogP contribution in [-0.2, 0) is 0 Å². The first-order valence-electron chi connectivity index (χ1n) is 7.81. The zero-order valence-electron chi connectivity index (χ0n) is 12.7. The number of thiophene rings is 1. The third-order valence-electron chi connectivity index (χ3n) is 4.46. The number of hydrogen-bond donors (Lipinski definition) is 2. The minimum atomic E-state index is -0.912. The zero-order chi connectivity index (χ0) is 16.4. The van der Waals surface area contributed by atoms with Gasteiger partial charge < -0.3 is 20.2 Å². The van der Waals surface area contributed by atoms with E-state index in [0.29, 0.717) is 22.2 Å². The second-order valence-corrected chi connectivity index (χ2v) is 7.82. The number of carboxylic acid groups (broad SMARTS) is 1. The fraction of sp³-hybridized carbons (Fsp3) is 0.600. The Kier molecular flexibility index (Phi) is 5.08. The van der Waals surface area contributed by atoms with Crippen LogP contribution in [-0.4, -0.2) is 65.2 Å². The van der Waals surface area contributed by atoms with Crippen LogP contribution >= 0.6 is 22.9 Å². The van der Waals surface area contributed by atoms with E-state index in [1.807, 2.05) is 0 Å². The maximum atomic E-state index is 12.2. The molecule has 3 heterocycles. The third-order valence-corrected chi connectivity index (χ3v) is 5.69. The Labute approximate surface area is 144 Å². The van der Waals surface area contributed by atoms with Gasteiger partial charge in [-0.05, 0) is 44.5 Å². The number of carbonyl (C=O) groups excluding carboxylic acids is 1. The fourth-order valence-electron chi connectivity index (χ4n) is 3.38. The van der Waals surface area contributed by atoms with E-state index < -0.39 is 6.09 Å². The normalized spacial score (nSPS) is 25.0. The number of rotatable bonds is 4.